The first-order valence-electron chi connectivity index (χ1n) is 11.4. The number of ether oxygens (including phenoxy) is 3. The first-order chi connectivity index (χ1) is 14.1. The van der Waals surface area contributed by atoms with Crippen molar-refractivity contribution in [3.05, 3.63) is 11.6 Å². The topological polar surface area (TPSA) is 82.1 Å². The molecule has 6 nitrogen and oxygen atoms in total. The molecule has 8 atom stereocenters. The third-order valence-corrected chi connectivity index (χ3v) is 9.66. The lowest BCUT2D eigenvalue weighted by molar-refractivity contribution is -0.415. The van der Waals surface area contributed by atoms with Crippen LogP contribution >= 0.6 is 0 Å². The van der Waals surface area contributed by atoms with E-state index in [-0.39, 0.29) is 29.5 Å². The Hall–Kier alpha value is -1.08. The molecule has 0 amide bonds. The van der Waals surface area contributed by atoms with Crippen molar-refractivity contribution >= 4 is 11.6 Å². The van der Waals surface area contributed by atoms with Crippen molar-refractivity contribution in [2.45, 2.75) is 83.4 Å². The van der Waals surface area contributed by atoms with Crippen LogP contribution in [-0.4, -0.2) is 48.1 Å². The first-order valence-corrected chi connectivity index (χ1v) is 11.4. The monoisotopic (exact) mass is 418 g/mol. The zero-order valence-electron chi connectivity index (χ0n) is 18.5. The number of hydrogen-bond acceptors (Lipinski definition) is 6. The van der Waals surface area contributed by atoms with Crippen LogP contribution in [0.1, 0.15) is 65.7 Å². The van der Waals surface area contributed by atoms with Crippen LogP contribution in [0, 0.1) is 28.6 Å². The lowest BCUT2D eigenvalue weighted by Crippen LogP contribution is -2.67. The number of fused-ring (bicyclic) bond motifs is 6. The van der Waals surface area contributed by atoms with E-state index in [0.717, 1.165) is 25.7 Å². The molecule has 0 bridgehead atoms. The van der Waals surface area contributed by atoms with Crippen molar-refractivity contribution in [1.29, 1.82) is 0 Å². The number of Topliss-reactive ketones (excluding diaryl/α,β-unsaturated/α-hetero) is 1. The maximum Gasteiger partial charge on any atom is 0.281 e. The summed E-state index contributed by atoms with van der Waals surface area (Å²) >= 11 is 0. The van der Waals surface area contributed by atoms with Crippen LogP contribution in [-0.2, 0) is 23.8 Å². The third-order valence-electron chi connectivity index (χ3n) is 9.66. The lowest BCUT2D eigenvalue weighted by atomic mass is 9.45. The van der Waals surface area contributed by atoms with E-state index in [1.54, 1.807) is 6.92 Å². The molecule has 1 N–H and O–H groups in total. The molecular weight excluding hydrogens is 384 g/mol. The number of carbonyl (C=O) groups is 2. The van der Waals surface area contributed by atoms with Gasteiger partial charge in [-0.1, -0.05) is 19.4 Å². The van der Waals surface area contributed by atoms with Crippen molar-refractivity contribution < 1.29 is 28.9 Å². The second kappa shape index (κ2) is 6.47. The Labute approximate surface area is 178 Å². The zero-order chi connectivity index (χ0) is 21.5. The van der Waals surface area contributed by atoms with Gasteiger partial charge in [0.25, 0.3) is 5.97 Å². The molecule has 4 fully saturated rings. The highest BCUT2D eigenvalue weighted by Gasteiger charge is 2.71. The van der Waals surface area contributed by atoms with E-state index in [9.17, 15) is 14.7 Å². The Kier molecular flexibility index (Phi) is 4.49. The molecule has 4 aliphatic carbocycles. The van der Waals surface area contributed by atoms with Gasteiger partial charge in [0.1, 0.15) is 12.2 Å². The van der Waals surface area contributed by atoms with E-state index in [1.807, 2.05) is 6.08 Å². The van der Waals surface area contributed by atoms with Crippen LogP contribution < -0.4 is 0 Å². The molecule has 0 aromatic rings. The highest BCUT2D eigenvalue weighted by atomic mass is 16.9. The minimum absolute atomic E-state index is 0.0243. The highest BCUT2D eigenvalue weighted by Crippen LogP contribution is 2.69. The number of allylic oxidation sites excluding steroid dienone is 1. The van der Waals surface area contributed by atoms with Crippen molar-refractivity contribution in [2.75, 3.05) is 13.7 Å². The molecule has 0 aromatic carbocycles. The maximum absolute atomic E-state index is 13.2. The van der Waals surface area contributed by atoms with Gasteiger partial charge in [-0.25, -0.2) is 0 Å². The summed E-state index contributed by atoms with van der Waals surface area (Å²) in [4.78, 5) is 25.3. The molecule has 1 unspecified atom stereocenters. The molecule has 6 heteroatoms. The van der Waals surface area contributed by atoms with Gasteiger partial charge < -0.3 is 19.3 Å². The fraction of sp³-hybridized carbons (Fsp3) is 0.833. The molecule has 1 spiro atoms. The molecule has 166 valence electrons. The van der Waals surface area contributed by atoms with Gasteiger partial charge in [-0.2, -0.15) is 0 Å². The highest BCUT2D eigenvalue weighted by molar-refractivity contribution is 5.92. The molecule has 1 heterocycles. The van der Waals surface area contributed by atoms with Crippen LogP contribution in [0.4, 0.5) is 0 Å². The van der Waals surface area contributed by atoms with Crippen molar-refractivity contribution in [2.24, 2.45) is 28.6 Å². The smallest absolute Gasteiger partial charge is 0.281 e. The third kappa shape index (κ3) is 2.51. The van der Waals surface area contributed by atoms with Crippen molar-refractivity contribution in [3.8, 4) is 0 Å². The molecule has 30 heavy (non-hydrogen) atoms. The van der Waals surface area contributed by atoms with Crippen LogP contribution in [0.2, 0.25) is 0 Å². The zero-order valence-corrected chi connectivity index (χ0v) is 18.5. The van der Waals surface area contributed by atoms with Gasteiger partial charge in [-0.05, 0) is 67.8 Å². The second-order valence-electron chi connectivity index (χ2n) is 10.8. The predicted octanol–water partition coefficient (Wildman–Crippen LogP) is 3.16. The normalized spacial score (nSPS) is 53.2. The molecule has 1 saturated heterocycles. The minimum atomic E-state index is -1.24. The lowest BCUT2D eigenvalue weighted by Gasteiger charge is -2.61. The van der Waals surface area contributed by atoms with Gasteiger partial charge in [0.2, 0.25) is 0 Å². The largest absolute Gasteiger partial charge is 0.393 e. The summed E-state index contributed by atoms with van der Waals surface area (Å²) in [7, 11) is 1.53. The van der Waals surface area contributed by atoms with Gasteiger partial charge in [0, 0.05) is 25.9 Å². The van der Waals surface area contributed by atoms with E-state index in [1.165, 1.54) is 12.7 Å². The van der Waals surface area contributed by atoms with Gasteiger partial charge >= 0.3 is 0 Å². The molecule has 1 aliphatic heterocycles. The number of hydrogen-bond donors (Lipinski definition) is 1. The summed E-state index contributed by atoms with van der Waals surface area (Å²) < 4.78 is 17.4. The molecule has 0 radical (unpaired) electrons. The summed E-state index contributed by atoms with van der Waals surface area (Å²) in [5, 5.41) is 11.5. The minimum Gasteiger partial charge on any atom is -0.393 e. The quantitative estimate of drug-likeness (QED) is 0.704. The van der Waals surface area contributed by atoms with E-state index in [4.69, 9.17) is 14.2 Å². The Morgan fingerprint density at radius 2 is 1.90 bits per heavy atom. The van der Waals surface area contributed by atoms with E-state index in [0.29, 0.717) is 31.1 Å². The van der Waals surface area contributed by atoms with Crippen LogP contribution in [0.3, 0.4) is 0 Å². The number of aliphatic hydroxyl groups is 1. The summed E-state index contributed by atoms with van der Waals surface area (Å²) in [5.74, 6) is -0.310. The first kappa shape index (κ1) is 20.8. The standard InChI is InChI=1S/C24H34O6/c1-21-9-7-15(25)11-14(21)5-6-16-17-8-10-24(22(17,2)12-18(26)20(16)21)19(27)13-29-23(3,28-4)30-24/h11,16-18,20,26H,5-10,12-13H2,1-4H3/t16-,17-,18-,20+,21-,22-,23?,24-/m0/s1. The number of aliphatic hydroxyl groups excluding tert-OH is 1. The van der Waals surface area contributed by atoms with Crippen LogP contribution in [0.15, 0.2) is 11.6 Å². The average molecular weight is 419 g/mol. The molecule has 5 aliphatic rings. The second-order valence-corrected chi connectivity index (χ2v) is 10.8. The van der Waals surface area contributed by atoms with Crippen molar-refractivity contribution in [1.82, 2.24) is 0 Å². The fourth-order valence-corrected chi connectivity index (χ4v) is 8.12. The Bertz CT molecular complexity index is 821. The van der Waals surface area contributed by atoms with E-state index < -0.39 is 23.1 Å². The summed E-state index contributed by atoms with van der Waals surface area (Å²) in [6.07, 6.45) is 6.64. The van der Waals surface area contributed by atoms with Gasteiger partial charge in [-0.15, -0.1) is 0 Å². The molecule has 0 aromatic heterocycles. The number of carbonyl (C=O) groups excluding carboxylic acids is 2. The average Bonchev–Trinajstić information content (AvgIpc) is 2.98. The Morgan fingerprint density at radius 1 is 1.13 bits per heavy atom. The Morgan fingerprint density at radius 3 is 2.63 bits per heavy atom. The molecular formula is C24H34O6. The summed E-state index contributed by atoms with van der Waals surface area (Å²) in [5.41, 5.74) is -0.349. The Balaban J connectivity index is 1.54. The molecule has 3 saturated carbocycles. The number of rotatable bonds is 1. The van der Waals surface area contributed by atoms with Gasteiger partial charge in [0.15, 0.2) is 11.6 Å². The van der Waals surface area contributed by atoms with E-state index >= 15 is 0 Å². The summed E-state index contributed by atoms with van der Waals surface area (Å²) in [6, 6.07) is 0. The van der Waals surface area contributed by atoms with Gasteiger partial charge in [0.05, 0.1) is 6.10 Å². The number of ketones is 2. The van der Waals surface area contributed by atoms with Crippen LogP contribution in [0.5, 0.6) is 0 Å². The number of methoxy groups -OCH3 is 1. The van der Waals surface area contributed by atoms with E-state index in [2.05, 4.69) is 13.8 Å². The van der Waals surface area contributed by atoms with Gasteiger partial charge in [-0.3, -0.25) is 9.59 Å². The predicted molar refractivity (Wildman–Crippen MR) is 108 cm³/mol. The summed E-state index contributed by atoms with van der Waals surface area (Å²) in [6.45, 7) is 6.08. The fourth-order valence-electron chi connectivity index (χ4n) is 8.12. The molecule has 5 rings (SSSR count). The van der Waals surface area contributed by atoms with Crippen molar-refractivity contribution in [3.63, 3.8) is 0 Å². The SMILES string of the molecule is COC1(C)OCC(=O)[C@]2(CC[C@H]3[C@@H]4CCC5=CC(=O)CC[C@]5(C)[C@H]4[C@@H](O)C[C@@]32C)O1. The van der Waals surface area contributed by atoms with Crippen LogP contribution in [0.25, 0.3) is 0 Å². The maximum atomic E-state index is 13.2.